The van der Waals surface area contributed by atoms with E-state index in [4.69, 9.17) is 14.2 Å². The highest BCUT2D eigenvalue weighted by molar-refractivity contribution is 5.82. The van der Waals surface area contributed by atoms with Crippen LogP contribution in [-0.2, 0) is 6.42 Å². The monoisotopic (exact) mass is 405 g/mol. The summed E-state index contributed by atoms with van der Waals surface area (Å²) in [6.45, 7) is 3.98. The van der Waals surface area contributed by atoms with Crippen molar-refractivity contribution in [1.29, 1.82) is 0 Å². The lowest BCUT2D eigenvalue weighted by atomic mass is 10.1. The molecule has 4 rings (SSSR count). The van der Waals surface area contributed by atoms with Crippen LogP contribution in [0.3, 0.4) is 0 Å². The van der Waals surface area contributed by atoms with Gasteiger partial charge < -0.3 is 19.2 Å². The Morgan fingerprint density at radius 2 is 1.77 bits per heavy atom. The van der Waals surface area contributed by atoms with Crippen LogP contribution in [0.1, 0.15) is 25.2 Å². The molecular weight excluding hydrogens is 382 g/mol. The van der Waals surface area contributed by atoms with Gasteiger partial charge in [-0.2, -0.15) is 0 Å². The van der Waals surface area contributed by atoms with Crippen molar-refractivity contribution in [2.24, 2.45) is 0 Å². The molecule has 0 atom stereocenters. The summed E-state index contributed by atoms with van der Waals surface area (Å²) < 4.78 is 16.4. The van der Waals surface area contributed by atoms with Crippen LogP contribution in [0.15, 0.2) is 47.4 Å². The minimum atomic E-state index is -0.225. The van der Waals surface area contributed by atoms with Crippen molar-refractivity contribution < 1.29 is 14.2 Å². The van der Waals surface area contributed by atoms with Crippen molar-refractivity contribution in [2.45, 2.75) is 26.4 Å². The summed E-state index contributed by atoms with van der Waals surface area (Å²) in [7, 11) is 3.08. The molecule has 0 unspecified atom stereocenters. The third-order valence-electron chi connectivity index (χ3n) is 4.71. The molecule has 0 fully saturated rings. The minimum Gasteiger partial charge on any atom is -0.493 e. The lowest BCUT2D eigenvalue weighted by molar-refractivity contribution is 0.243. The van der Waals surface area contributed by atoms with Gasteiger partial charge >= 0.3 is 0 Å². The maximum absolute atomic E-state index is 12.6. The number of nitrogens with one attached hydrogen (secondary N) is 1. The first kappa shape index (κ1) is 19.7. The van der Waals surface area contributed by atoms with E-state index >= 15 is 0 Å². The molecule has 7 nitrogen and oxygen atoms in total. The zero-order chi connectivity index (χ0) is 21.3. The normalized spacial score (nSPS) is 11.2. The first-order chi connectivity index (χ1) is 14.5. The van der Waals surface area contributed by atoms with Gasteiger partial charge in [0.05, 0.1) is 36.7 Å². The highest BCUT2D eigenvalue weighted by atomic mass is 16.5. The summed E-state index contributed by atoms with van der Waals surface area (Å²) in [4.78, 5) is 24.6. The van der Waals surface area contributed by atoms with Crippen LogP contribution in [0.4, 0.5) is 0 Å². The summed E-state index contributed by atoms with van der Waals surface area (Å²) in [5.74, 6) is 2.37. The lowest BCUT2D eigenvalue weighted by Gasteiger charge is -2.11. The number of benzene rings is 2. The number of rotatable bonds is 6. The van der Waals surface area contributed by atoms with Crippen molar-refractivity contribution >= 4 is 21.8 Å². The van der Waals surface area contributed by atoms with Gasteiger partial charge in [-0.05, 0) is 49.7 Å². The molecule has 1 N–H and O–H groups in total. The number of fused-ring (bicyclic) bond motifs is 2. The lowest BCUT2D eigenvalue weighted by Crippen LogP contribution is -2.12. The number of H-pyrrole nitrogens is 1. The molecule has 0 saturated heterocycles. The van der Waals surface area contributed by atoms with Crippen molar-refractivity contribution in [3.63, 3.8) is 0 Å². The molecule has 154 valence electrons. The molecule has 2 heterocycles. The zero-order valence-electron chi connectivity index (χ0n) is 17.4. The molecule has 2 aromatic heterocycles. The van der Waals surface area contributed by atoms with Gasteiger partial charge in [0.2, 0.25) is 0 Å². The summed E-state index contributed by atoms with van der Waals surface area (Å²) in [5, 5.41) is 1.42. The quantitative estimate of drug-likeness (QED) is 0.524. The molecule has 0 spiro atoms. The molecule has 0 aliphatic heterocycles. The number of methoxy groups -OCH3 is 2. The third kappa shape index (κ3) is 3.91. The van der Waals surface area contributed by atoms with Crippen LogP contribution in [0.5, 0.6) is 17.2 Å². The van der Waals surface area contributed by atoms with Crippen molar-refractivity contribution in [1.82, 2.24) is 15.0 Å². The average Bonchev–Trinajstić information content (AvgIpc) is 2.72. The van der Waals surface area contributed by atoms with Gasteiger partial charge in [0.1, 0.15) is 11.6 Å². The first-order valence-electron chi connectivity index (χ1n) is 9.67. The van der Waals surface area contributed by atoms with Crippen LogP contribution in [0, 0.1) is 0 Å². The summed E-state index contributed by atoms with van der Waals surface area (Å²) in [6, 6.07) is 11.2. The molecule has 0 aliphatic carbocycles. The number of hydrogen-bond acceptors (Lipinski definition) is 6. The number of hydrogen-bond donors (Lipinski definition) is 1. The van der Waals surface area contributed by atoms with Crippen LogP contribution < -0.4 is 19.8 Å². The predicted octanol–water partition coefficient (Wildman–Crippen LogP) is 3.87. The van der Waals surface area contributed by atoms with Crippen LogP contribution in [-0.4, -0.2) is 35.3 Å². The topological polar surface area (TPSA) is 86.3 Å². The van der Waals surface area contributed by atoms with E-state index in [1.165, 1.54) is 7.11 Å². The molecule has 0 amide bonds. The number of ether oxygens (including phenoxy) is 3. The maximum atomic E-state index is 12.6. The SMILES string of the molecule is COc1cc2nc(Cc3cnc4ccc(OC(C)C)cc4c3)[nH]c(=O)c2cc1OC. The van der Waals surface area contributed by atoms with Gasteiger partial charge in [0, 0.05) is 24.1 Å². The van der Waals surface area contributed by atoms with Gasteiger partial charge in [0.25, 0.3) is 5.56 Å². The van der Waals surface area contributed by atoms with E-state index in [1.807, 2.05) is 38.1 Å². The largest absolute Gasteiger partial charge is 0.493 e. The van der Waals surface area contributed by atoms with Gasteiger partial charge in [-0.15, -0.1) is 0 Å². The highest BCUT2D eigenvalue weighted by Gasteiger charge is 2.12. The second-order valence-electron chi connectivity index (χ2n) is 7.28. The second kappa shape index (κ2) is 8.02. The zero-order valence-corrected chi connectivity index (χ0v) is 17.4. The van der Waals surface area contributed by atoms with Crippen molar-refractivity contribution in [3.05, 3.63) is 64.3 Å². The third-order valence-corrected chi connectivity index (χ3v) is 4.71. The summed E-state index contributed by atoms with van der Waals surface area (Å²) in [6.07, 6.45) is 2.34. The summed E-state index contributed by atoms with van der Waals surface area (Å²) >= 11 is 0. The first-order valence-corrected chi connectivity index (χ1v) is 9.67. The fourth-order valence-corrected chi connectivity index (χ4v) is 3.39. The van der Waals surface area contributed by atoms with E-state index in [-0.39, 0.29) is 11.7 Å². The second-order valence-corrected chi connectivity index (χ2v) is 7.28. The Labute approximate surface area is 173 Å². The van der Waals surface area contributed by atoms with Gasteiger partial charge in [-0.25, -0.2) is 4.98 Å². The van der Waals surface area contributed by atoms with Crippen molar-refractivity contribution in [2.75, 3.05) is 14.2 Å². The number of aromatic amines is 1. The van der Waals surface area contributed by atoms with E-state index in [0.717, 1.165) is 22.2 Å². The fraction of sp³-hybridized carbons (Fsp3) is 0.261. The van der Waals surface area contributed by atoms with Gasteiger partial charge in [-0.1, -0.05) is 0 Å². The molecule has 0 radical (unpaired) electrons. The van der Waals surface area contributed by atoms with Crippen LogP contribution >= 0.6 is 0 Å². The maximum Gasteiger partial charge on any atom is 0.258 e. The number of pyridine rings is 1. The Morgan fingerprint density at radius 3 is 2.50 bits per heavy atom. The van der Waals surface area contributed by atoms with E-state index in [9.17, 15) is 4.79 Å². The van der Waals surface area contributed by atoms with Gasteiger partial charge in [-0.3, -0.25) is 9.78 Å². The Hall–Kier alpha value is -3.61. The minimum absolute atomic E-state index is 0.0982. The molecule has 2 aromatic carbocycles. The van der Waals surface area contributed by atoms with Gasteiger partial charge in [0.15, 0.2) is 11.5 Å². The molecule has 0 aliphatic rings. The predicted molar refractivity (Wildman–Crippen MR) is 116 cm³/mol. The van der Waals surface area contributed by atoms with Crippen LogP contribution in [0.2, 0.25) is 0 Å². The smallest absolute Gasteiger partial charge is 0.258 e. The fourth-order valence-electron chi connectivity index (χ4n) is 3.39. The standard InChI is InChI=1S/C23H23N3O4/c1-13(2)30-16-5-6-18-15(9-16)7-14(12-24-18)8-22-25-19-11-21(29-4)20(28-3)10-17(19)23(27)26-22/h5-7,9-13H,8H2,1-4H3,(H,25,26,27). The molecule has 4 aromatic rings. The molecule has 30 heavy (non-hydrogen) atoms. The Bertz CT molecular complexity index is 1280. The Kier molecular flexibility index (Phi) is 5.27. The van der Waals surface area contributed by atoms with E-state index in [1.54, 1.807) is 25.4 Å². The van der Waals surface area contributed by atoms with Crippen LogP contribution in [0.25, 0.3) is 21.8 Å². The van der Waals surface area contributed by atoms with Crippen molar-refractivity contribution in [3.8, 4) is 17.2 Å². The summed E-state index contributed by atoms with van der Waals surface area (Å²) in [5.41, 5.74) is 2.14. The molecule has 7 heteroatoms. The highest BCUT2D eigenvalue weighted by Crippen LogP contribution is 2.30. The molecular formula is C23H23N3O4. The Balaban J connectivity index is 1.70. The number of nitrogens with zero attached hydrogens (tertiary/aromatic N) is 2. The number of aromatic nitrogens is 3. The van der Waals surface area contributed by atoms with E-state index < -0.39 is 0 Å². The van der Waals surface area contributed by atoms with E-state index in [2.05, 4.69) is 15.0 Å². The average molecular weight is 405 g/mol. The van der Waals surface area contributed by atoms with E-state index in [0.29, 0.717) is 34.6 Å². The molecule has 0 saturated carbocycles. The molecule has 0 bridgehead atoms. The Morgan fingerprint density at radius 1 is 1.00 bits per heavy atom.